The van der Waals surface area contributed by atoms with Gasteiger partial charge in [0.1, 0.15) is 5.75 Å². The van der Waals surface area contributed by atoms with Gasteiger partial charge in [-0.1, -0.05) is 0 Å². The lowest BCUT2D eigenvalue weighted by molar-refractivity contribution is 0.0919. The van der Waals surface area contributed by atoms with Gasteiger partial charge in [-0.15, -0.1) is 0 Å². The number of carbonyl (C=O) groups is 1. The third-order valence-electron chi connectivity index (χ3n) is 3.21. The van der Waals surface area contributed by atoms with Crippen LogP contribution in [0.1, 0.15) is 56.8 Å². The van der Waals surface area contributed by atoms with Gasteiger partial charge in [-0.2, -0.15) is 0 Å². The number of hydrogen-bond donors (Lipinski definition) is 1. The normalized spacial score (nSPS) is 16.4. The zero-order chi connectivity index (χ0) is 13.9. The van der Waals surface area contributed by atoms with Crippen LogP contribution in [0.15, 0.2) is 24.3 Å². The van der Waals surface area contributed by atoms with Gasteiger partial charge in [-0.25, -0.2) is 0 Å². The van der Waals surface area contributed by atoms with Gasteiger partial charge in [0.2, 0.25) is 0 Å². The quantitative estimate of drug-likeness (QED) is 0.903. The first-order valence-corrected chi connectivity index (χ1v) is 7.03. The van der Waals surface area contributed by atoms with E-state index < -0.39 is 0 Å². The smallest absolute Gasteiger partial charge is 0.251 e. The molecule has 0 unspecified atom stereocenters. The van der Waals surface area contributed by atoms with Gasteiger partial charge < -0.3 is 10.1 Å². The molecule has 1 aromatic rings. The fraction of sp³-hybridized carbons (Fsp3) is 0.562. The van der Waals surface area contributed by atoms with Crippen molar-refractivity contribution in [3.05, 3.63) is 29.8 Å². The first kappa shape index (κ1) is 13.9. The summed E-state index contributed by atoms with van der Waals surface area (Å²) in [4.78, 5) is 12.0. The molecule has 0 radical (unpaired) electrons. The fourth-order valence-electron chi connectivity index (χ4n) is 2.30. The van der Waals surface area contributed by atoms with Crippen LogP contribution < -0.4 is 10.1 Å². The molecule has 1 N–H and O–H groups in total. The Bertz CT molecular complexity index is 425. The van der Waals surface area contributed by atoms with Gasteiger partial charge >= 0.3 is 0 Å². The molecule has 1 amide bonds. The number of carbonyl (C=O) groups excluding carboxylic acids is 1. The molecule has 1 saturated carbocycles. The molecule has 19 heavy (non-hydrogen) atoms. The van der Waals surface area contributed by atoms with E-state index in [1.54, 1.807) is 0 Å². The van der Waals surface area contributed by atoms with E-state index >= 15 is 0 Å². The molecule has 0 aliphatic heterocycles. The zero-order valence-electron chi connectivity index (χ0n) is 12.0. The molecule has 3 nitrogen and oxygen atoms in total. The Morgan fingerprint density at radius 3 is 2.26 bits per heavy atom. The van der Waals surface area contributed by atoms with Gasteiger partial charge in [0, 0.05) is 11.1 Å². The maximum absolute atomic E-state index is 12.0. The second-order valence-electron chi connectivity index (χ2n) is 6.25. The molecule has 1 aromatic carbocycles. The lowest BCUT2D eigenvalue weighted by Gasteiger charge is -2.20. The summed E-state index contributed by atoms with van der Waals surface area (Å²) in [6.07, 6.45) is 5.17. The highest BCUT2D eigenvalue weighted by atomic mass is 16.5. The molecule has 1 fully saturated rings. The molecule has 1 aliphatic carbocycles. The van der Waals surface area contributed by atoms with Crippen molar-refractivity contribution in [2.75, 3.05) is 0 Å². The number of nitrogens with one attached hydrogen (secondary N) is 1. The SMILES string of the molecule is CC(C)(C)NC(=O)c1ccc(OC2CCCC2)cc1. The molecule has 0 atom stereocenters. The van der Waals surface area contributed by atoms with E-state index in [0.717, 1.165) is 18.6 Å². The van der Waals surface area contributed by atoms with Crippen molar-refractivity contribution >= 4 is 5.91 Å². The van der Waals surface area contributed by atoms with Crippen LogP contribution in [0.4, 0.5) is 0 Å². The summed E-state index contributed by atoms with van der Waals surface area (Å²) in [7, 11) is 0. The minimum Gasteiger partial charge on any atom is -0.490 e. The number of hydrogen-bond acceptors (Lipinski definition) is 2. The maximum atomic E-state index is 12.0. The van der Waals surface area contributed by atoms with E-state index in [4.69, 9.17) is 4.74 Å². The second kappa shape index (κ2) is 5.64. The summed E-state index contributed by atoms with van der Waals surface area (Å²) in [6.45, 7) is 5.92. The van der Waals surface area contributed by atoms with Crippen molar-refractivity contribution in [2.45, 2.75) is 58.1 Å². The van der Waals surface area contributed by atoms with Crippen molar-refractivity contribution in [1.29, 1.82) is 0 Å². The third-order valence-corrected chi connectivity index (χ3v) is 3.21. The van der Waals surface area contributed by atoms with E-state index in [1.807, 2.05) is 45.0 Å². The first-order valence-electron chi connectivity index (χ1n) is 7.03. The first-order chi connectivity index (χ1) is 8.94. The van der Waals surface area contributed by atoms with Gasteiger partial charge in [-0.3, -0.25) is 4.79 Å². The molecule has 2 rings (SSSR count). The minimum absolute atomic E-state index is 0.0417. The summed E-state index contributed by atoms with van der Waals surface area (Å²) >= 11 is 0. The number of rotatable bonds is 3. The predicted molar refractivity (Wildman–Crippen MR) is 76.5 cm³/mol. The van der Waals surface area contributed by atoms with Gasteiger partial charge in [0.15, 0.2) is 0 Å². The van der Waals surface area contributed by atoms with E-state index in [1.165, 1.54) is 12.8 Å². The van der Waals surface area contributed by atoms with E-state index in [2.05, 4.69) is 5.32 Å². The monoisotopic (exact) mass is 261 g/mol. The van der Waals surface area contributed by atoms with Crippen molar-refractivity contribution < 1.29 is 9.53 Å². The number of amides is 1. The van der Waals surface area contributed by atoms with Crippen molar-refractivity contribution in [1.82, 2.24) is 5.32 Å². The number of benzene rings is 1. The summed E-state index contributed by atoms with van der Waals surface area (Å²) in [6, 6.07) is 7.42. The largest absolute Gasteiger partial charge is 0.490 e. The molecule has 0 saturated heterocycles. The lowest BCUT2D eigenvalue weighted by atomic mass is 10.1. The Morgan fingerprint density at radius 2 is 1.74 bits per heavy atom. The minimum atomic E-state index is -0.212. The van der Waals surface area contributed by atoms with Gasteiger partial charge in [0.05, 0.1) is 6.10 Å². The summed E-state index contributed by atoms with van der Waals surface area (Å²) in [5, 5.41) is 2.95. The molecule has 0 spiro atoms. The van der Waals surface area contributed by atoms with Crippen molar-refractivity contribution in [3.63, 3.8) is 0 Å². The Labute approximate surface area is 115 Å². The van der Waals surface area contributed by atoms with Gasteiger partial charge in [0.25, 0.3) is 5.91 Å². The Balaban J connectivity index is 1.95. The molecule has 0 heterocycles. The van der Waals surface area contributed by atoms with E-state index in [9.17, 15) is 4.79 Å². The second-order valence-corrected chi connectivity index (χ2v) is 6.25. The molecule has 3 heteroatoms. The Kier molecular flexibility index (Phi) is 4.13. The van der Waals surface area contributed by atoms with Gasteiger partial charge in [-0.05, 0) is 70.7 Å². The highest BCUT2D eigenvalue weighted by Crippen LogP contribution is 2.24. The maximum Gasteiger partial charge on any atom is 0.251 e. The molecule has 0 bridgehead atoms. The van der Waals surface area contributed by atoms with E-state index in [-0.39, 0.29) is 11.4 Å². The molecule has 104 valence electrons. The van der Waals surface area contributed by atoms with Crippen molar-refractivity contribution in [3.8, 4) is 5.75 Å². The Morgan fingerprint density at radius 1 is 1.16 bits per heavy atom. The summed E-state index contributed by atoms with van der Waals surface area (Å²) < 4.78 is 5.88. The van der Waals surface area contributed by atoms with Crippen LogP contribution in [-0.2, 0) is 0 Å². The molecular formula is C16H23NO2. The molecule has 0 aromatic heterocycles. The van der Waals surface area contributed by atoms with Crippen LogP contribution in [0.5, 0.6) is 5.75 Å². The zero-order valence-corrected chi connectivity index (χ0v) is 12.0. The van der Waals surface area contributed by atoms with Crippen LogP contribution in [0, 0.1) is 0 Å². The van der Waals surface area contributed by atoms with Crippen LogP contribution >= 0.6 is 0 Å². The van der Waals surface area contributed by atoms with E-state index in [0.29, 0.717) is 11.7 Å². The highest BCUT2D eigenvalue weighted by Gasteiger charge is 2.17. The lowest BCUT2D eigenvalue weighted by Crippen LogP contribution is -2.40. The topological polar surface area (TPSA) is 38.3 Å². The standard InChI is InChI=1S/C16H23NO2/c1-16(2,3)17-15(18)12-8-10-14(11-9-12)19-13-6-4-5-7-13/h8-11,13H,4-7H2,1-3H3,(H,17,18). The number of ether oxygens (including phenoxy) is 1. The molecule has 1 aliphatic rings. The molecular weight excluding hydrogens is 238 g/mol. The van der Waals surface area contributed by atoms with Crippen LogP contribution in [0.3, 0.4) is 0 Å². The summed E-state index contributed by atoms with van der Waals surface area (Å²) in [5.41, 5.74) is 0.463. The Hall–Kier alpha value is -1.51. The third kappa shape index (κ3) is 4.27. The van der Waals surface area contributed by atoms with Crippen LogP contribution in [-0.4, -0.2) is 17.6 Å². The highest BCUT2D eigenvalue weighted by molar-refractivity contribution is 5.94. The van der Waals surface area contributed by atoms with Crippen LogP contribution in [0.2, 0.25) is 0 Å². The van der Waals surface area contributed by atoms with Crippen molar-refractivity contribution in [2.24, 2.45) is 0 Å². The predicted octanol–water partition coefficient (Wildman–Crippen LogP) is 3.54. The average Bonchev–Trinajstić information content (AvgIpc) is 2.80. The summed E-state index contributed by atoms with van der Waals surface area (Å²) in [5.74, 6) is 0.819. The fourth-order valence-corrected chi connectivity index (χ4v) is 2.30. The average molecular weight is 261 g/mol. The van der Waals surface area contributed by atoms with Crippen LogP contribution in [0.25, 0.3) is 0 Å².